The van der Waals surface area contributed by atoms with Gasteiger partial charge in [0, 0.05) is 26.2 Å². The molecule has 0 unspecified atom stereocenters. The summed E-state index contributed by atoms with van der Waals surface area (Å²) in [6.45, 7) is 9.38. The molecule has 0 aromatic heterocycles. The van der Waals surface area contributed by atoms with Crippen molar-refractivity contribution in [2.45, 2.75) is 39.0 Å². The molecule has 0 spiro atoms. The topological polar surface area (TPSA) is 21.7 Å². The van der Waals surface area contributed by atoms with Crippen LogP contribution in [-0.4, -0.2) is 50.0 Å². The van der Waals surface area contributed by atoms with Crippen LogP contribution in [0.5, 0.6) is 0 Å². The van der Waals surface area contributed by atoms with E-state index >= 15 is 0 Å². The molecule has 1 aliphatic heterocycles. The zero-order valence-electron chi connectivity index (χ0n) is 9.12. The van der Waals surface area contributed by atoms with E-state index < -0.39 is 0 Å². The van der Waals surface area contributed by atoms with Crippen molar-refractivity contribution >= 4 is 0 Å². The molecule has 0 amide bonds. The van der Waals surface area contributed by atoms with Gasteiger partial charge in [0.05, 0.1) is 18.8 Å². The van der Waals surface area contributed by atoms with Crippen molar-refractivity contribution in [3.05, 3.63) is 0 Å². The van der Waals surface area contributed by atoms with Gasteiger partial charge in [0.25, 0.3) is 0 Å². The fraction of sp³-hybridized carbons (Fsp3) is 1.00. The summed E-state index contributed by atoms with van der Waals surface area (Å²) in [5, 5.41) is 0. The quantitative estimate of drug-likeness (QED) is 0.661. The summed E-state index contributed by atoms with van der Waals surface area (Å²) >= 11 is 0. The van der Waals surface area contributed by atoms with Gasteiger partial charge in [0.2, 0.25) is 0 Å². The molecule has 1 saturated heterocycles. The molecule has 1 rings (SSSR count). The summed E-state index contributed by atoms with van der Waals surface area (Å²) in [6, 6.07) is 0.607. The molecule has 3 nitrogen and oxygen atoms in total. The highest BCUT2D eigenvalue weighted by molar-refractivity contribution is 4.77. The van der Waals surface area contributed by atoms with Crippen molar-refractivity contribution in [2.24, 2.45) is 0 Å². The lowest BCUT2D eigenvalue weighted by Crippen LogP contribution is -2.49. The molecule has 0 N–H and O–H groups in total. The van der Waals surface area contributed by atoms with E-state index in [0.717, 1.165) is 19.7 Å². The third-order valence-electron chi connectivity index (χ3n) is 2.75. The Morgan fingerprint density at radius 1 is 1.38 bits per heavy atom. The molecule has 0 saturated carbocycles. The Bertz CT molecular complexity index is 150. The Morgan fingerprint density at radius 2 is 2.08 bits per heavy atom. The fourth-order valence-corrected chi connectivity index (χ4v) is 1.60. The first-order valence-electron chi connectivity index (χ1n) is 5.03. The Hall–Kier alpha value is -0.120. The van der Waals surface area contributed by atoms with E-state index in [1.165, 1.54) is 0 Å². The minimum absolute atomic E-state index is 0.196. The number of morpholine rings is 1. The van der Waals surface area contributed by atoms with Gasteiger partial charge in [0.1, 0.15) is 0 Å². The van der Waals surface area contributed by atoms with Crippen LogP contribution in [-0.2, 0) is 9.47 Å². The number of ether oxygens (including phenoxy) is 2. The van der Waals surface area contributed by atoms with Crippen LogP contribution in [0.25, 0.3) is 0 Å². The Labute approximate surface area is 81.0 Å². The standard InChI is InChI=1S/C10H21NO2/c1-8(2)11-5-6-13-10(7-11)9(3)12-4/h8-10H,5-7H2,1-4H3/t9-,10-/m1/s1. The lowest BCUT2D eigenvalue weighted by Gasteiger charge is -2.37. The first-order chi connectivity index (χ1) is 6.15. The van der Waals surface area contributed by atoms with Crippen LogP contribution in [0.15, 0.2) is 0 Å². The van der Waals surface area contributed by atoms with E-state index in [2.05, 4.69) is 25.7 Å². The van der Waals surface area contributed by atoms with E-state index in [1.54, 1.807) is 7.11 Å². The van der Waals surface area contributed by atoms with Gasteiger partial charge in [-0.1, -0.05) is 0 Å². The maximum atomic E-state index is 5.64. The highest BCUT2D eigenvalue weighted by Crippen LogP contribution is 2.12. The maximum absolute atomic E-state index is 5.64. The fourth-order valence-electron chi connectivity index (χ4n) is 1.60. The minimum atomic E-state index is 0.196. The summed E-state index contributed by atoms with van der Waals surface area (Å²) < 4.78 is 10.9. The van der Waals surface area contributed by atoms with Crippen LogP contribution in [0.1, 0.15) is 20.8 Å². The predicted molar refractivity (Wildman–Crippen MR) is 52.9 cm³/mol. The van der Waals surface area contributed by atoms with Crippen LogP contribution in [0.4, 0.5) is 0 Å². The summed E-state index contributed by atoms with van der Waals surface area (Å²) in [5.74, 6) is 0. The average molecular weight is 187 g/mol. The van der Waals surface area contributed by atoms with E-state index in [9.17, 15) is 0 Å². The Morgan fingerprint density at radius 3 is 2.62 bits per heavy atom. The van der Waals surface area contributed by atoms with Crippen molar-refractivity contribution in [2.75, 3.05) is 26.8 Å². The molecule has 78 valence electrons. The summed E-state index contributed by atoms with van der Waals surface area (Å²) in [7, 11) is 1.74. The number of hydrogen-bond acceptors (Lipinski definition) is 3. The van der Waals surface area contributed by atoms with Crippen molar-refractivity contribution < 1.29 is 9.47 Å². The van der Waals surface area contributed by atoms with Gasteiger partial charge in [-0.25, -0.2) is 0 Å². The normalized spacial score (nSPS) is 27.9. The van der Waals surface area contributed by atoms with E-state index in [-0.39, 0.29) is 12.2 Å². The number of rotatable bonds is 3. The van der Waals surface area contributed by atoms with Gasteiger partial charge < -0.3 is 9.47 Å². The average Bonchev–Trinajstić information content (AvgIpc) is 2.17. The SMILES string of the molecule is CO[C@H](C)[C@H]1CN(C(C)C)CCO1. The van der Waals surface area contributed by atoms with Gasteiger partial charge in [-0.15, -0.1) is 0 Å². The van der Waals surface area contributed by atoms with Crippen molar-refractivity contribution in [3.63, 3.8) is 0 Å². The van der Waals surface area contributed by atoms with Gasteiger partial charge in [-0.3, -0.25) is 4.90 Å². The van der Waals surface area contributed by atoms with Crippen LogP contribution in [0, 0.1) is 0 Å². The van der Waals surface area contributed by atoms with Crippen LogP contribution >= 0.6 is 0 Å². The van der Waals surface area contributed by atoms with Crippen LogP contribution < -0.4 is 0 Å². The summed E-state index contributed by atoms with van der Waals surface area (Å²) in [5.41, 5.74) is 0. The third kappa shape index (κ3) is 2.93. The Kier molecular flexibility index (Phi) is 4.16. The molecule has 1 heterocycles. The largest absolute Gasteiger partial charge is 0.379 e. The highest BCUT2D eigenvalue weighted by atomic mass is 16.5. The molecule has 0 bridgehead atoms. The van der Waals surface area contributed by atoms with Crippen LogP contribution in [0.3, 0.4) is 0 Å². The Balaban J connectivity index is 2.41. The number of nitrogens with zero attached hydrogens (tertiary/aromatic N) is 1. The molecule has 2 atom stereocenters. The monoisotopic (exact) mass is 187 g/mol. The zero-order chi connectivity index (χ0) is 9.84. The van der Waals surface area contributed by atoms with E-state index in [1.807, 2.05) is 0 Å². The first-order valence-corrected chi connectivity index (χ1v) is 5.03. The van der Waals surface area contributed by atoms with Gasteiger partial charge in [-0.2, -0.15) is 0 Å². The summed E-state index contributed by atoms with van der Waals surface area (Å²) in [6.07, 6.45) is 0.433. The molecule has 13 heavy (non-hydrogen) atoms. The lowest BCUT2D eigenvalue weighted by molar-refractivity contribution is -0.0998. The molecule has 0 radical (unpaired) electrons. The second-order valence-corrected chi connectivity index (χ2v) is 3.94. The molecule has 0 aromatic carbocycles. The first kappa shape index (κ1) is 11.0. The van der Waals surface area contributed by atoms with Crippen LogP contribution in [0.2, 0.25) is 0 Å². The maximum Gasteiger partial charge on any atom is 0.0960 e. The van der Waals surface area contributed by atoms with Crippen molar-refractivity contribution in [1.82, 2.24) is 4.90 Å². The van der Waals surface area contributed by atoms with Crippen molar-refractivity contribution in [1.29, 1.82) is 0 Å². The second kappa shape index (κ2) is 4.94. The molecule has 1 aliphatic rings. The lowest BCUT2D eigenvalue weighted by atomic mass is 10.1. The van der Waals surface area contributed by atoms with Gasteiger partial charge in [0.15, 0.2) is 0 Å². The second-order valence-electron chi connectivity index (χ2n) is 3.94. The third-order valence-corrected chi connectivity index (χ3v) is 2.75. The number of hydrogen-bond donors (Lipinski definition) is 0. The minimum Gasteiger partial charge on any atom is -0.379 e. The smallest absolute Gasteiger partial charge is 0.0960 e. The number of methoxy groups -OCH3 is 1. The van der Waals surface area contributed by atoms with Gasteiger partial charge >= 0.3 is 0 Å². The van der Waals surface area contributed by atoms with E-state index in [4.69, 9.17) is 9.47 Å². The van der Waals surface area contributed by atoms with Gasteiger partial charge in [-0.05, 0) is 20.8 Å². The predicted octanol–water partition coefficient (Wildman–Crippen LogP) is 1.13. The molecule has 3 heteroatoms. The summed E-state index contributed by atoms with van der Waals surface area (Å²) in [4.78, 5) is 2.43. The molecular weight excluding hydrogens is 166 g/mol. The van der Waals surface area contributed by atoms with E-state index in [0.29, 0.717) is 6.04 Å². The highest BCUT2D eigenvalue weighted by Gasteiger charge is 2.26. The molecule has 0 aliphatic carbocycles. The molecular formula is C10H21NO2. The zero-order valence-corrected chi connectivity index (χ0v) is 9.12. The molecule has 0 aromatic rings. The van der Waals surface area contributed by atoms with Crippen molar-refractivity contribution in [3.8, 4) is 0 Å². The molecule has 1 fully saturated rings.